The van der Waals surface area contributed by atoms with Crippen LogP contribution in [0, 0.1) is 17.5 Å². The molecule has 2 heterocycles. The third-order valence-electron chi connectivity index (χ3n) is 3.60. The highest BCUT2D eigenvalue weighted by atomic mass is 19.4. The standard InChI is InChI=1S/C18H9F6N3O/c19-10-6-9(7-25-8-10)13-4-5-14(16(26-13)18(22,23)24)27-17(28)15-11(20)2-1-3-12(15)21/h1-8H,(H,27,28). The van der Waals surface area contributed by atoms with Crippen LogP contribution in [0.4, 0.5) is 32.0 Å². The number of alkyl halides is 3. The van der Waals surface area contributed by atoms with Gasteiger partial charge in [0.1, 0.15) is 23.0 Å². The Morgan fingerprint density at radius 3 is 2.25 bits per heavy atom. The van der Waals surface area contributed by atoms with Crippen molar-refractivity contribution in [3.8, 4) is 11.3 Å². The second-order valence-corrected chi connectivity index (χ2v) is 5.53. The van der Waals surface area contributed by atoms with E-state index < -0.39 is 46.5 Å². The summed E-state index contributed by atoms with van der Waals surface area (Å²) < 4.78 is 80.8. The van der Waals surface area contributed by atoms with Crippen molar-refractivity contribution in [1.82, 2.24) is 9.97 Å². The van der Waals surface area contributed by atoms with Crippen LogP contribution in [-0.4, -0.2) is 15.9 Å². The maximum Gasteiger partial charge on any atom is 0.435 e. The van der Waals surface area contributed by atoms with E-state index in [1.54, 1.807) is 0 Å². The summed E-state index contributed by atoms with van der Waals surface area (Å²) in [6.45, 7) is 0. The van der Waals surface area contributed by atoms with Crippen LogP contribution in [-0.2, 0) is 6.18 Å². The zero-order valence-corrected chi connectivity index (χ0v) is 13.7. The minimum atomic E-state index is -5.01. The Labute approximate surface area is 153 Å². The van der Waals surface area contributed by atoms with Crippen molar-refractivity contribution in [2.24, 2.45) is 0 Å². The van der Waals surface area contributed by atoms with Gasteiger partial charge in [0.05, 0.1) is 17.6 Å². The predicted octanol–water partition coefficient (Wildman–Crippen LogP) is 4.83. The maximum atomic E-state index is 13.7. The molecule has 3 rings (SSSR count). The number of hydrogen-bond acceptors (Lipinski definition) is 3. The number of rotatable bonds is 3. The zero-order chi connectivity index (χ0) is 20.5. The minimum Gasteiger partial charge on any atom is -0.320 e. The summed E-state index contributed by atoms with van der Waals surface area (Å²) in [6, 6.07) is 5.46. The first-order valence-electron chi connectivity index (χ1n) is 7.61. The normalized spacial score (nSPS) is 11.4. The highest BCUT2D eigenvalue weighted by molar-refractivity contribution is 6.05. The van der Waals surface area contributed by atoms with E-state index in [1.165, 1.54) is 0 Å². The fourth-order valence-electron chi connectivity index (χ4n) is 2.39. The summed E-state index contributed by atoms with van der Waals surface area (Å²) in [5.41, 5.74) is -3.64. The predicted molar refractivity (Wildman–Crippen MR) is 86.7 cm³/mol. The first-order chi connectivity index (χ1) is 13.2. The van der Waals surface area contributed by atoms with Crippen molar-refractivity contribution in [1.29, 1.82) is 0 Å². The van der Waals surface area contributed by atoms with Gasteiger partial charge in [-0.2, -0.15) is 13.2 Å². The largest absolute Gasteiger partial charge is 0.435 e. The number of carbonyl (C=O) groups excluding carboxylic acids is 1. The molecule has 0 fully saturated rings. The zero-order valence-electron chi connectivity index (χ0n) is 13.7. The van der Waals surface area contributed by atoms with Gasteiger partial charge < -0.3 is 5.32 Å². The third kappa shape index (κ3) is 3.95. The van der Waals surface area contributed by atoms with Crippen molar-refractivity contribution >= 4 is 11.6 Å². The van der Waals surface area contributed by atoms with Crippen LogP contribution in [0.2, 0.25) is 0 Å². The summed E-state index contributed by atoms with van der Waals surface area (Å²) in [5.74, 6) is -4.66. The van der Waals surface area contributed by atoms with Crippen LogP contribution < -0.4 is 5.32 Å². The Kier molecular flexibility index (Phi) is 5.04. The van der Waals surface area contributed by atoms with E-state index in [-0.39, 0.29) is 11.3 Å². The summed E-state index contributed by atoms with van der Waals surface area (Å²) in [4.78, 5) is 19.0. The summed E-state index contributed by atoms with van der Waals surface area (Å²) in [7, 11) is 0. The molecule has 0 spiro atoms. The molecule has 2 aromatic heterocycles. The summed E-state index contributed by atoms with van der Waals surface area (Å²) in [6.07, 6.45) is -3.03. The molecular formula is C18H9F6N3O. The number of hydrogen-bond donors (Lipinski definition) is 1. The number of aromatic nitrogens is 2. The molecule has 28 heavy (non-hydrogen) atoms. The van der Waals surface area contributed by atoms with Crippen molar-refractivity contribution in [2.45, 2.75) is 6.18 Å². The smallest absolute Gasteiger partial charge is 0.320 e. The first-order valence-corrected chi connectivity index (χ1v) is 7.61. The van der Waals surface area contributed by atoms with Crippen molar-refractivity contribution in [3.05, 3.63) is 77.5 Å². The minimum absolute atomic E-state index is 0.0245. The molecule has 0 saturated carbocycles. The number of halogens is 6. The molecule has 1 amide bonds. The molecule has 1 N–H and O–H groups in total. The van der Waals surface area contributed by atoms with Gasteiger partial charge in [-0.25, -0.2) is 18.2 Å². The lowest BCUT2D eigenvalue weighted by atomic mass is 10.1. The molecule has 1 aromatic carbocycles. The molecule has 0 saturated heterocycles. The van der Waals surface area contributed by atoms with Gasteiger partial charge in [-0.15, -0.1) is 0 Å². The first kappa shape index (κ1) is 19.3. The fraction of sp³-hybridized carbons (Fsp3) is 0.0556. The van der Waals surface area contributed by atoms with Crippen LogP contribution in [0.15, 0.2) is 48.8 Å². The second-order valence-electron chi connectivity index (χ2n) is 5.53. The Morgan fingerprint density at radius 2 is 1.64 bits per heavy atom. The van der Waals surface area contributed by atoms with Gasteiger partial charge >= 0.3 is 6.18 Å². The molecule has 0 aliphatic carbocycles. The average molecular weight is 397 g/mol. The average Bonchev–Trinajstić information content (AvgIpc) is 2.61. The Bertz CT molecular complexity index is 1030. The summed E-state index contributed by atoms with van der Waals surface area (Å²) >= 11 is 0. The molecule has 10 heteroatoms. The van der Waals surface area contributed by atoms with Crippen molar-refractivity contribution < 1.29 is 31.1 Å². The molecule has 0 aliphatic heterocycles. The maximum absolute atomic E-state index is 13.7. The van der Waals surface area contributed by atoms with Crippen LogP contribution in [0.3, 0.4) is 0 Å². The lowest BCUT2D eigenvalue weighted by Crippen LogP contribution is -2.20. The number of nitrogens with zero attached hydrogens (tertiary/aromatic N) is 2. The molecule has 0 atom stereocenters. The number of pyridine rings is 2. The van der Waals surface area contributed by atoms with E-state index in [0.29, 0.717) is 0 Å². The Morgan fingerprint density at radius 1 is 0.964 bits per heavy atom. The van der Waals surface area contributed by atoms with E-state index in [1.807, 2.05) is 5.32 Å². The van der Waals surface area contributed by atoms with E-state index in [0.717, 1.165) is 48.8 Å². The number of amides is 1. The quantitative estimate of drug-likeness (QED) is 0.644. The lowest BCUT2D eigenvalue weighted by molar-refractivity contribution is -0.140. The van der Waals surface area contributed by atoms with E-state index in [9.17, 15) is 31.1 Å². The molecule has 0 bridgehead atoms. The molecule has 0 radical (unpaired) electrons. The number of nitrogens with one attached hydrogen (secondary N) is 1. The highest BCUT2D eigenvalue weighted by Gasteiger charge is 2.37. The van der Waals surface area contributed by atoms with E-state index in [4.69, 9.17) is 0 Å². The highest BCUT2D eigenvalue weighted by Crippen LogP contribution is 2.35. The molecular weight excluding hydrogens is 388 g/mol. The monoisotopic (exact) mass is 397 g/mol. The fourth-order valence-corrected chi connectivity index (χ4v) is 2.39. The van der Waals surface area contributed by atoms with Crippen LogP contribution in [0.1, 0.15) is 16.1 Å². The van der Waals surface area contributed by atoms with Crippen LogP contribution in [0.5, 0.6) is 0 Å². The molecule has 4 nitrogen and oxygen atoms in total. The van der Waals surface area contributed by atoms with Crippen LogP contribution in [0.25, 0.3) is 11.3 Å². The van der Waals surface area contributed by atoms with Crippen molar-refractivity contribution in [2.75, 3.05) is 5.32 Å². The summed E-state index contributed by atoms with van der Waals surface area (Å²) in [5, 5.41) is 1.81. The lowest BCUT2D eigenvalue weighted by Gasteiger charge is -2.15. The third-order valence-corrected chi connectivity index (χ3v) is 3.60. The van der Waals surface area contributed by atoms with E-state index in [2.05, 4.69) is 9.97 Å². The van der Waals surface area contributed by atoms with Gasteiger partial charge in [-0.1, -0.05) is 6.07 Å². The van der Waals surface area contributed by atoms with Gasteiger partial charge in [0.25, 0.3) is 5.91 Å². The Balaban J connectivity index is 2.03. The number of benzene rings is 1. The van der Waals surface area contributed by atoms with E-state index >= 15 is 0 Å². The molecule has 0 unspecified atom stereocenters. The topological polar surface area (TPSA) is 54.9 Å². The van der Waals surface area contributed by atoms with Gasteiger partial charge in [0, 0.05) is 11.8 Å². The molecule has 0 aliphatic rings. The van der Waals surface area contributed by atoms with Gasteiger partial charge in [0.2, 0.25) is 0 Å². The van der Waals surface area contributed by atoms with Gasteiger partial charge in [-0.05, 0) is 30.3 Å². The van der Waals surface area contributed by atoms with Gasteiger partial charge in [0.15, 0.2) is 5.69 Å². The second kappa shape index (κ2) is 7.29. The van der Waals surface area contributed by atoms with Gasteiger partial charge in [-0.3, -0.25) is 9.78 Å². The van der Waals surface area contributed by atoms with Crippen molar-refractivity contribution in [3.63, 3.8) is 0 Å². The number of anilines is 1. The Hall–Kier alpha value is -3.43. The molecule has 3 aromatic rings. The van der Waals surface area contributed by atoms with Crippen LogP contribution >= 0.6 is 0 Å². The SMILES string of the molecule is O=C(Nc1ccc(-c2cncc(F)c2)nc1C(F)(F)F)c1c(F)cccc1F. The number of carbonyl (C=O) groups is 1. The molecule has 144 valence electrons.